The van der Waals surface area contributed by atoms with Crippen LogP contribution in [0.4, 0.5) is 5.69 Å². The minimum Gasteiger partial charge on any atom is -0.871 e. The molecule has 6 nitrogen and oxygen atoms in total. The maximum atomic E-state index is 13.9. The zero-order valence-electron chi connectivity index (χ0n) is 31.1. The molecule has 2 aliphatic rings. The first-order valence-corrected chi connectivity index (χ1v) is 18.7. The van der Waals surface area contributed by atoms with Crippen LogP contribution in [0.1, 0.15) is 96.7 Å². The summed E-state index contributed by atoms with van der Waals surface area (Å²) in [5.74, 6) is 0.0218. The summed E-state index contributed by atoms with van der Waals surface area (Å²) in [5, 5.41) is 17.2. The molecule has 3 aromatic carbocycles. The van der Waals surface area contributed by atoms with E-state index < -0.39 is 5.41 Å². The van der Waals surface area contributed by atoms with Gasteiger partial charge in [-0.2, -0.15) is 4.58 Å². The van der Waals surface area contributed by atoms with Crippen molar-refractivity contribution in [3.63, 3.8) is 0 Å². The van der Waals surface area contributed by atoms with Crippen LogP contribution in [-0.4, -0.2) is 33.7 Å². The number of ketones is 1. The zero-order chi connectivity index (χ0) is 36.6. The number of ether oxygens (including phenoxy) is 1. The third-order valence-electron chi connectivity index (χ3n) is 10.6. The second-order valence-electron chi connectivity index (χ2n) is 16.4. The van der Waals surface area contributed by atoms with Crippen LogP contribution in [0, 0.1) is 0 Å². The SMILES string of the molecule is CCCC[N+]1=C(/C=C2\C(=O)C(c3ccc(-n4c5ccc(C(C)(C)C)cc5c5cc(C(C)(C)C)ccc54)s3)=C2[O-])C(C)(C)c2cc(OC=O)ccc21. The minimum absolute atomic E-state index is 0.00268. The number of allylic oxidation sites excluding steroid dienone is 3. The van der Waals surface area contributed by atoms with Gasteiger partial charge in [-0.05, 0) is 84.3 Å². The first-order valence-electron chi connectivity index (χ1n) is 17.8. The highest BCUT2D eigenvalue weighted by Gasteiger charge is 2.46. The molecule has 262 valence electrons. The van der Waals surface area contributed by atoms with E-state index in [1.165, 1.54) is 33.2 Å². The van der Waals surface area contributed by atoms with E-state index in [9.17, 15) is 14.7 Å². The molecule has 0 radical (unpaired) electrons. The molecule has 0 spiro atoms. The van der Waals surface area contributed by atoms with E-state index in [-0.39, 0.29) is 33.5 Å². The molecular weight excluding hydrogens is 653 g/mol. The number of carbonyl (C=O) groups is 2. The Balaban J connectivity index is 1.31. The molecule has 7 rings (SSSR count). The van der Waals surface area contributed by atoms with E-state index in [4.69, 9.17) is 4.74 Å². The molecule has 0 N–H and O–H groups in total. The van der Waals surface area contributed by atoms with Gasteiger partial charge in [0.15, 0.2) is 11.5 Å². The molecule has 2 aromatic heterocycles. The molecule has 0 saturated heterocycles. The fourth-order valence-corrected chi connectivity index (χ4v) is 8.55. The van der Waals surface area contributed by atoms with Crippen molar-refractivity contribution in [2.75, 3.05) is 6.54 Å². The molecule has 5 aromatic rings. The van der Waals surface area contributed by atoms with Crippen LogP contribution in [0.25, 0.3) is 32.4 Å². The van der Waals surface area contributed by atoms with Gasteiger partial charge >= 0.3 is 0 Å². The van der Waals surface area contributed by atoms with Crippen molar-refractivity contribution in [2.45, 2.75) is 91.4 Å². The number of hydrogen-bond acceptors (Lipinski definition) is 5. The molecule has 3 heterocycles. The Morgan fingerprint density at radius 1 is 0.882 bits per heavy atom. The molecule has 51 heavy (non-hydrogen) atoms. The summed E-state index contributed by atoms with van der Waals surface area (Å²) in [6.45, 7) is 20.9. The predicted molar refractivity (Wildman–Crippen MR) is 207 cm³/mol. The van der Waals surface area contributed by atoms with Crippen molar-refractivity contribution in [1.82, 2.24) is 4.57 Å². The lowest BCUT2D eigenvalue weighted by Gasteiger charge is -2.30. The number of nitrogens with zero attached hydrogens (tertiary/aromatic N) is 2. The van der Waals surface area contributed by atoms with E-state index in [0.717, 1.165) is 52.4 Å². The molecule has 0 fully saturated rings. The van der Waals surface area contributed by atoms with Gasteiger partial charge in [0.05, 0.1) is 16.4 Å². The van der Waals surface area contributed by atoms with Crippen molar-refractivity contribution in [3.05, 3.63) is 106 Å². The number of benzene rings is 3. The Morgan fingerprint density at radius 3 is 2.06 bits per heavy atom. The number of fused-ring (bicyclic) bond motifs is 4. The van der Waals surface area contributed by atoms with Crippen molar-refractivity contribution in [3.8, 4) is 10.8 Å². The van der Waals surface area contributed by atoms with E-state index >= 15 is 0 Å². The topological polar surface area (TPSA) is 74.4 Å². The summed E-state index contributed by atoms with van der Waals surface area (Å²) in [7, 11) is 0. The van der Waals surface area contributed by atoms with Crippen LogP contribution < -0.4 is 9.84 Å². The van der Waals surface area contributed by atoms with Gasteiger partial charge in [0, 0.05) is 50.9 Å². The van der Waals surface area contributed by atoms with Gasteiger partial charge in [0.2, 0.25) is 5.69 Å². The third-order valence-corrected chi connectivity index (χ3v) is 11.7. The van der Waals surface area contributed by atoms with Gasteiger partial charge in [-0.1, -0.05) is 72.8 Å². The molecule has 1 aliphatic carbocycles. The van der Waals surface area contributed by atoms with Gasteiger partial charge in [0.25, 0.3) is 6.47 Å². The van der Waals surface area contributed by atoms with Gasteiger partial charge in [-0.3, -0.25) is 9.59 Å². The van der Waals surface area contributed by atoms with Crippen LogP contribution in [0.2, 0.25) is 0 Å². The van der Waals surface area contributed by atoms with Crippen LogP contribution >= 0.6 is 11.3 Å². The molecule has 0 atom stereocenters. The number of aromatic nitrogens is 1. The van der Waals surface area contributed by atoms with Gasteiger partial charge in [-0.25, -0.2) is 0 Å². The number of unbranched alkanes of at least 4 members (excludes halogenated alkanes) is 1. The van der Waals surface area contributed by atoms with E-state index in [0.29, 0.717) is 17.1 Å². The van der Waals surface area contributed by atoms with Crippen molar-refractivity contribution in [2.24, 2.45) is 0 Å². The lowest BCUT2D eigenvalue weighted by Crippen LogP contribution is -2.33. The number of thiophene rings is 1. The highest BCUT2D eigenvalue weighted by molar-refractivity contribution is 7.16. The summed E-state index contributed by atoms with van der Waals surface area (Å²) < 4.78 is 9.64. The molecule has 0 saturated carbocycles. The first-order chi connectivity index (χ1) is 24.1. The van der Waals surface area contributed by atoms with Crippen LogP contribution in [0.3, 0.4) is 0 Å². The minimum atomic E-state index is -0.513. The smallest absolute Gasteiger partial charge is 0.298 e. The van der Waals surface area contributed by atoms with Crippen LogP contribution in [-0.2, 0) is 25.8 Å². The Bertz CT molecular complexity index is 2290. The van der Waals surface area contributed by atoms with E-state index in [1.54, 1.807) is 12.1 Å². The summed E-state index contributed by atoms with van der Waals surface area (Å²) in [4.78, 5) is 25.6. The zero-order valence-corrected chi connectivity index (χ0v) is 31.9. The standard InChI is InChI=1S/C44H46N2O4S/c1-10-11-20-45-35-17-14-28(50-25-47)23-32(35)44(8,9)37(45)24-31-40(48)39(41(31)49)36-18-19-38(51-36)46-33-15-12-26(42(2,3)4)21-29(33)30-22-27(43(5,6)7)13-16-34(30)46/h12-19,21-25H,10-11,20H2,1-9H3. The van der Waals surface area contributed by atoms with E-state index in [2.05, 4.69) is 108 Å². The number of Topliss-reactive ketones (excluding diaryl/α,β-unsaturated/α-hetero) is 1. The molecule has 0 amide bonds. The maximum absolute atomic E-state index is 13.9. The Labute approximate surface area is 304 Å². The Kier molecular flexibility index (Phi) is 8.29. The van der Waals surface area contributed by atoms with Gasteiger partial charge in [0.1, 0.15) is 17.3 Å². The number of rotatable bonds is 8. The molecule has 7 heteroatoms. The van der Waals surface area contributed by atoms with Crippen molar-refractivity contribution < 1.29 is 24.0 Å². The molecule has 1 aliphatic heterocycles. The van der Waals surface area contributed by atoms with Crippen LogP contribution in [0.15, 0.2) is 84.1 Å². The molecular formula is C44H46N2O4S. The second-order valence-corrected chi connectivity index (χ2v) is 17.5. The highest BCUT2D eigenvalue weighted by Crippen LogP contribution is 2.45. The monoisotopic (exact) mass is 698 g/mol. The molecule has 0 unspecified atom stereocenters. The second kappa shape index (κ2) is 12.2. The number of hydrogen-bond donors (Lipinski definition) is 0. The van der Waals surface area contributed by atoms with Crippen molar-refractivity contribution >= 4 is 62.4 Å². The fraction of sp³-hybridized carbons (Fsp3) is 0.341. The third kappa shape index (κ3) is 5.66. The van der Waals surface area contributed by atoms with Crippen LogP contribution in [0.5, 0.6) is 5.75 Å². The quantitative estimate of drug-likeness (QED) is 0.0920. The Morgan fingerprint density at radius 2 is 1.51 bits per heavy atom. The first kappa shape index (κ1) is 34.7. The lowest BCUT2D eigenvalue weighted by molar-refractivity contribution is -0.438. The van der Waals surface area contributed by atoms with E-state index in [1.807, 2.05) is 24.3 Å². The average molecular weight is 699 g/mol. The average Bonchev–Trinajstić information content (AvgIpc) is 3.72. The predicted octanol–water partition coefficient (Wildman–Crippen LogP) is 9.43. The highest BCUT2D eigenvalue weighted by atomic mass is 32.1. The molecule has 0 bridgehead atoms. The largest absolute Gasteiger partial charge is 0.871 e. The summed E-state index contributed by atoms with van der Waals surface area (Å²) >= 11 is 1.48. The summed E-state index contributed by atoms with van der Waals surface area (Å²) in [5.41, 5.74) is 7.59. The lowest BCUT2D eigenvalue weighted by atomic mass is 9.78. The van der Waals surface area contributed by atoms with Crippen molar-refractivity contribution in [1.29, 1.82) is 0 Å². The normalized spacial score (nSPS) is 16.8. The Hall–Kier alpha value is -4.75. The number of carbonyl (C=O) groups excluding carboxylic acids is 2. The van der Waals surface area contributed by atoms with Gasteiger partial charge in [-0.15, -0.1) is 11.3 Å². The fourth-order valence-electron chi connectivity index (χ4n) is 7.48. The summed E-state index contributed by atoms with van der Waals surface area (Å²) in [6.07, 6.45) is 3.75. The van der Waals surface area contributed by atoms with Gasteiger partial charge < -0.3 is 14.4 Å². The summed E-state index contributed by atoms with van der Waals surface area (Å²) in [6, 6.07) is 23.0. The maximum Gasteiger partial charge on any atom is 0.298 e.